The number of nitrogens with one attached hydrogen (secondary N) is 1. The van der Waals surface area contributed by atoms with Crippen LogP contribution in [0.4, 0.5) is 10.1 Å². The van der Waals surface area contributed by atoms with Crippen LogP contribution in [0, 0.1) is 5.82 Å². The van der Waals surface area contributed by atoms with E-state index in [4.69, 9.17) is 34.8 Å². The molecule has 0 spiro atoms. The maximum Gasteiger partial charge on any atom is 0.264 e. The van der Waals surface area contributed by atoms with Crippen LogP contribution >= 0.6 is 34.8 Å². The standard InChI is InChI=1S/C27H27Cl3FN3O4S/c1-17(2)32-27(36)18(3)33(15-19-9-11-22(28)23(29)13-19)26(35)16-34(20-10-12-25(31)24(30)14-20)39(37,38)21-7-5-4-6-8-21/h4-14,17-18H,15-16H2,1-3H3,(H,32,36). The van der Waals surface area contributed by atoms with E-state index < -0.39 is 40.2 Å². The zero-order valence-electron chi connectivity index (χ0n) is 21.4. The van der Waals surface area contributed by atoms with Gasteiger partial charge in [0.25, 0.3) is 10.0 Å². The number of hydrogen-bond donors (Lipinski definition) is 1. The number of rotatable bonds is 10. The van der Waals surface area contributed by atoms with Crippen LogP contribution in [-0.2, 0) is 26.2 Å². The summed E-state index contributed by atoms with van der Waals surface area (Å²) in [7, 11) is -4.30. The van der Waals surface area contributed by atoms with E-state index in [1.165, 1.54) is 30.0 Å². The third kappa shape index (κ3) is 7.63. The second-order valence-electron chi connectivity index (χ2n) is 9.03. The molecular formula is C27H27Cl3FN3O4S. The van der Waals surface area contributed by atoms with Crippen molar-refractivity contribution in [2.24, 2.45) is 0 Å². The minimum Gasteiger partial charge on any atom is -0.352 e. The molecule has 0 aliphatic carbocycles. The van der Waals surface area contributed by atoms with Crippen molar-refractivity contribution in [2.75, 3.05) is 10.8 Å². The van der Waals surface area contributed by atoms with E-state index in [9.17, 15) is 22.4 Å². The number of anilines is 1. The first-order valence-electron chi connectivity index (χ1n) is 11.9. The van der Waals surface area contributed by atoms with Crippen molar-refractivity contribution in [3.63, 3.8) is 0 Å². The molecule has 208 valence electrons. The fraction of sp³-hybridized carbons (Fsp3) is 0.259. The van der Waals surface area contributed by atoms with E-state index in [2.05, 4.69) is 5.32 Å². The van der Waals surface area contributed by atoms with Gasteiger partial charge in [0.1, 0.15) is 18.4 Å². The largest absolute Gasteiger partial charge is 0.352 e. The fourth-order valence-corrected chi connectivity index (χ4v) is 5.63. The molecule has 1 N–H and O–H groups in total. The van der Waals surface area contributed by atoms with E-state index in [1.807, 2.05) is 0 Å². The molecule has 1 unspecified atom stereocenters. The Morgan fingerprint density at radius 1 is 0.897 bits per heavy atom. The summed E-state index contributed by atoms with van der Waals surface area (Å²) in [5, 5.41) is 3.03. The lowest BCUT2D eigenvalue weighted by atomic mass is 10.1. The Bertz CT molecular complexity index is 1460. The topological polar surface area (TPSA) is 86.8 Å². The SMILES string of the molecule is CC(C)NC(=O)C(C)N(Cc1ccc(Cl)c(Cl)c1)C(=O)CN(c1ccc(F)c(Cl)c1)S(=O)(=O)c1ccccc1. The molecule has 0 bridgehead atoms. The number of hydrogen-bond acceptors (Lipinski definition) is 4. The molecule has 3 rings (SSSR count). The van der Waals surface area contributed by atoms with Crippen molar-refractivity contribution in [3.8, 4) is 0 Å². The van der Waals surface area contributed by atoms with Crippen molar-refractivity contribution in [2.45, 2.75) is 44.3 Å². The number of carbonyl (C=O) groups excluding carboxylic acids is 2. The van der Waals surface area contributed by atoms with E-state index in [0.29, 0.717) is 10.6 Å². The summed E-state index contributed by atoms with van der Waals surface area (Å²) in [5.41, 5.74) is 0.552. The quantitative estimate of drug-likeness (QED) is 0.307. The van der Waals surface area contributed by atoms with E-state index in [-0.39, 0.29) is 33.2 Å². The second kappa shape index (κ2) is 13.0. The minimum absolute atomic E-state index is 0.0209. The Kier molecular flexibility index (Phi) is 10.2. The molecule has 12 heteroatoms. The highest BCUT2D eigenvalue weighted by atomic mass is 35.5. The molecule has 0 heterocycles. The van der Waals surface area contributed by atoms with Crippen LogP contribution in [0.5, 0.6) is 0 Å². The summed E-state index contributed by atoms with van der Waals surface area (Å²) in [6.07, 6.45) is 0. The smallest absolute Gasteiger partial charge is 0.264 e. The van der Waals surface area contributed by atoms with Gasteiger partial charge < -0.3 is 10.2 Å². The van der Waals surface area contributed by atoms with Crippen LogP contribution in [0.25, 0.3) is 0 Å². The maximum atomic E-state index is 13.9. The molecule has 2 amide bonds. The third-order valence-corrected chi connectivity index (χ3v) is 8.55. The first-order valence-corrected chi connectivity index (χ1v) is 14.4. The molecule has 1 atom stereocenters. The molecule has 0 saturated carbocycles. The van der Waals surface area contributed by atoms with Crippen LogP contribution in [0.3, 0.4) is 0 Å². The van der Waals surface area contributed by atoms with Crippen molar-refractivity contribution >= 4 is 62.3 Å². The molecule has 0 aliphatic rings. The molecule has 0 saturated heterocycles. The molecule has 7 nitrogen and oxygen atoms in total. The zero-order chi connectivity index (χ0) is 28.9. The summed E-state index contributed by atoms with van der Waals surface area (Å²) in [5.74, 6) is -1.86. The van der Waals surface area contributed by atoms with Crippen molar-refractivity contribution < 1.29 is 22.4 Å². The van der Waals surface area contributed by atoms with E-state index in [1.54, 1.807) is 50.2 Å². The van der Waals surface area contributed by atoms with Gasteiger partial charge in [-0.25, -0.2) is 12.8 Å². The molecule has 39 heavy (non-hydrogen) atoms. The van der Waals surface area contributed by atoms with Crippen molar-refractivity contribution in [1.29, 1.82) is 0 Å². The van der Waals surface area contributed by atoms with Crippen LogP contribution in [0.15, 0.2) is 71.6 Å². The average molecular weight is 615 g/mol. The third-order valence-electron chi connectivity index (χ3n) is 5.74. The Labute approximate surface area is 242 Å². The molecule has 3 aromatic rings. The Morgan fingerprint density at radius 3 is 2.15 bits per heavy atom. The van der Waals surface area contributed by atoms with Gasteiger partial charge in [0.15, 0.2) is 0 Å². The van der Waals surface area contributed by atoms with Crippen LogP contribution in [0.2, 0.25) is 15.1 Å². The van der Waals surface area contributed by atoms with Gasteiger partial charge in [-0.1, -0.05) is 59.1 Å². The average Bonchev–Trinajstić information content (AvgIpc) is 2.89. The molecular weight excluding hydrogens is 588 g/mol. The number of amides is 2. The minimum atomic E-state index is -4.30. The summed E-state index contributed by atoms with van der Waals surface area (Å²) < 4.78 is 42.1. The number of benzene rings is 3. The molecule has 0 fully saturated rings. The van der Waals surface area contributed by atoms with Gasteiger partial charge in [-0.2, -0.15) is 0 Å². The number of halogens is 4. The molecule has 0 radical (unpaired) electrons. The first-order chi connectivity index (χ1) is 18.3. The summed E-state index contributed by atoms with van der Waals surface area (Å²) >= 11 is 18.2. The maximum absolute atomic E-state index is 13.9. The Morgan fingerprint density at radius 2 is 1.56 bits per heavy atom. The van der Waals surface area contributed by atoms with Crippen molar-refractivity contribution in [1.82, 2.24) is 10.2 Å². The predicted molar refractivity (Wildman–Crippen MR) is 152 cm³/mol. The highest BCUT2D eigenvalue weighted by Crippen LogP contribution is 2.29. The fourth-order valence-electron chi connectivity index (χ4n) is 3.71. The lowest BCUT2D eigenvalue weighted by molar-refractivity contribution is -0.139. The van der Waals surface area contributed by atoms with Gasteiger partial charge in [-0.15, -0.1) is 0 Å². The van der Waals surface area contributed by atoms with Crippen LogP contribution in [0.1, 0.15) is 26.3 Å². The normalized spacial score (nSPS) is 12.2. The van der Waals surface area contributed by atoms with E-state index >= 15 is 0 Å². The predicted octanol–water partition coefficient (Wildman–Crippen LogP) is 5.92. The van der Waals surface area contributed by atoms with Gasteiger partial charge in [-0.3, -0.25) is 13.9 Å². The first kappa shape index (κ1) is 30.7. The van der Waals surface area contributed by atoms with Gasteiger partial charge in [-0.05, 0) is 68.8 Å². The van der Waals surface area contributed by atoms with Gasteiger partial charge >= 0.3 is 0 Å². The van der Waals surface area contributed by atoms with Crippen LogP contribution in [-0.4, -0.2) is 43.8 Å². The van der Waals surface area contributed by atoms with Gasteiger partial charge in [0.05, 0.1) is 25.7 Å². The summed E-state index contributed by atoms with van der Waals surface area (Å²) in [6, 6.07) is 14.5. The molecule has 0 aliphatic heterocycles. The zero-order valence-corrected chi connectivity index (χ0v) is 24.5. The van der Waals surface area contributed by atoms with Gasteiger partial charge in [0.2, 0.25) is 11.8 Å². The lowest BCUT2D eigenvalue weighted by Crippen LogP contribution is -2.52. The van der Waals surface area contributed by atoms with Crippen LogP contribution < -0.4 is 9.62 Å². The molecule has 3 aromatic carbocycles. The second-order valence-corrected chi connectivity index (χ2v) is 12.1. The van der Waals surface area contributed by atoms with Crippen molar-refractivity contribution in [3.05, 3.63) is 93.2 Å². The number of nitrogens with zero attached hydrogens (tertiary/aromatic N) is 2. The highest BCUT2D eigenvalue weighted by Gasteiger charge is 2.33. The Hall–Kier alpha value is -2.85. The number of sulfonamides is 1. The highest BCUT2D eigenvalue weighted by molar-refractivity contribution is 7.92. The lowest BCUT2D eigenvalue weighted by Gasteiger charge is -2.32. The Balaban J connectivity index is 2.06. The van der Waals surface area contributed by atoms with Gasteiger partial charge in [0, 0.05) is 12.6 Å². The number of carbonyl (C=O) groups is 2. The van der Waals surface area contributed by atoms with E-state index in [0.717, 1.165) is 16.4 Å². The molecule has 0 aromatic heterocycles. The summed E-state index contributed by atoms with van der Waals surface area (Å²) in [6.45, 7) is 4.34. The summed E-state index contributed by atoms with van der Waals surface area (Å²) in [4.78, 5) is 27.9. The monoisotopic (exact) mass is 613 g/mol.